The number of rotatable bonds is 7. The van der Waals surface area contributed by atoms with Crippen LogP contribution in [0.1, 0.15) is 5.56 Å². The smallest absolute Gasteiger partial charge is 0.265 e. The maximum Gasteiger partial charge on any atom is 0.265 e. The summed E-state index contributed by atoms with van der Waals surface area (Å²) in [7, 11) is 0. The average molecular weight is 518 g/mol. The van der Waals surface area contributed by atoms with Crippen LogP contribution in [0.25, 0.3) is 6.08 Å². The second-order valence-electron chi connectivity index (χ2n) is 6.56. The first-order chi connectivity index (χ1) is 15.3. The molecule has 0 saturated carbocycles. The van der Waals surface area contributed by atoms with Gasteiger partial charge in [-0.15, -0.1) is 6.58 Å². The minimum Gasteiger partial charge on any atom is -0.483 e. The summed E-state index contributed by atoms with van der Waals surface area (Å²) >= 11 is 8.38. The molecule has 0 unspecified atom stereocenters. The Morgan fingerprint density at radius 2 is 1.97 bits per heavy atom. The van der Waals surface area contributed by atoms with Crippen molar-refractivity contribution >= 4 is 62.7 Å². The summed E-state index contributed by atoms with van der Waals surface area (Å²) < 4.78 is 19.0. The van der Waals surface area contributed by atoms with Crippen molar-refractivity contribution in [3.63, 3.8) is 0 Å². The molecule has 10 heteroatoms. The van der Waals surface area contributed by atoms with Gasteiger partial charge in [0.2, 0.25) is 0 Å². The Bertz CT molecular complexity index is 1130. The molecule has 1 fully saturated rings. The standard InChI is InChI=1S/C22H17BrFN3O4S/c1-2-9-27-21(30)16(20(29)26-22(27)32)10-13-3-8-18(17(23)11-13)31-12-19(28)25-15-6-4-14(24)5-7-15/h2-8,10-11H,1,9,12H2,(H,25,28)(H,26,29,32)/b16-10+. The summed E-state index contributed by atoms with van der Waals surface area (Å²) in [6, 6.07) is 10.2. The van der Waals surface area contributed by atoms with Gasteiger partial charge in [0.25, 0.3) is 17.7 Å². The lowest BCUT2D eigenvalue weighted by molar-refractivity contribution is -0.128. The van der Waals surface area contributed by atoms with Gasteiger partial charge in [-0.3, -0.25) is 24.6 Å². The molecule has 1 aliphatic rings. The van der Waals surface area contributed by atoms with Crippen molar-refractivity contribution in [2.24, 2.45) is 0 Å². The van der Waals surface area contributed by atoms with Crippen LogP contribution in [0.3, 0.4) is 0 Å². The third-order valence-corrected chi connectivity index (χ3v) is 5.19. The van der Waals surface area contributed by atoms with E-state index in [1.54, 1.807) is 18.2 Å². The number of benzene rings is 2. The number of halogens is 2. The number of carbonyl (C=O) groups is 3. The molecule has 2 aromatic carbocycles. The van der Waals surface area contributed by atoms with Crippen LogP contribution in [0.4, 0.5) is 10.1 Å². The molecule has 0 aliphatic carbocycles. The maximum absolute atomic E-state index is 12.9. The van der Waals surface area contributed by atoms with Gasteiger partial charge < -0.3 is 10.1 Å². The van der Waals surface area contributed by atoms with Crippen molar-refractivity contribution in [3.05, 3.63) is 76.5 Å². The van der Waals surface area contributed by atoms with Crippen LogP contribution in [0.15, 0.2) is 65.2 Å². The minimum atomic E-state index is -0.589. The molecule has 2 aromatic rings. The molecule has 3 amide bonds. The zero-order valence-electron chi connectivity index (χ0n) is 16.6. The van der Waals surface area contributed by atoms with Gasteiger partial charge in [-0.1, -0.05) is 12.1 Å². The van der Waals surface area contributed by atoms with Gasteiger partial charge in [-0.2, -0.15) is 0 Å². The Morgan fingerprint density at radius 3 is 2.62 bits per heavy atom. The molecule has 0 aromatic heterocycles. The van der Waals surface area contributed by atoms with E-state index in [0.717, 1.165) is 0 Å². The summed E-state index contributed by atoms with van der Waals surface area (Å²) in [4.78, 5) is 38.1. The fourth-order valence-electron chi connectivity index (χ4n) is 2.75. The van der Waals surface area contributed by atoms with Crippen LogP contribution < -0.4 is 15.4 Å². The first-order valence-corrected chi connectivity index (χ1v) is 10.5. The van der Waals surface area contributed by atoms with E-state index in [-0.39, 0.29) is 23.8 Å². The maximum atomic E-state index is 12.9. The first-order valence-electron chi connectivity index (χ1n) is 9.26. The number of carbonyl (C=O) groups excluding carboxylic acids is 3. The Kier molecular flexibility index (Phi) is 7.49. The number of amides is 3. The second kappa shape index (κ2) is 10.3. The minimum absolute atomic E-state index is 0.0286. The molecule has 0 bridgehead atoms. The topological polar surface area (TPSA) is 87.7 Å². The molecule has 1 heterocycles. The van der Waals surface area contributed by atoms with Crippen LogP contribution in [0.5, 0.6) is 5.75 Å². The molecule has 7 nitrogen and oxygen atoms in total. The Hall–Kier alpha value is -3.37. The van der Waals surface area contributed by atoms with Gasteiger partial charge >= 0.3 is 0 Å². The number of anilines is 1. The summed E-state index contributed by atoms with van der Waals surface area (Å²) in [5, 5.41) is 5.10. The van der Waals surface area contributed by atoms with Crippen molar-refractivity contribution in [2.45, 2.75) is 0 Å². The van der Waals surface area contributed by atoms with Crippen molar-refractivity contribution in [1.82, 2.24) is 10.2 Å². The molecule has 1 aliphatic heterocycles. The molecule has 0 atom stereocenters. The molecule has 0 radical (unpaired) electrons. The van der Waals surface area contributed by atoms with Crippen molar-refractivity contribution in [2.75, 3.05) is 18.5 Å². The molecule has 32 heavy (non-hydrogen) atoms. The van der Waals surface area contributed by atoms with Crippen LogP contribution >= 0.6 is 28.1 Å². The number of ether oxygens (including phenoxy) is 1. The number of hydrogen-bond donors (Lipinski definition) is 2. The predicted molar refractivity (Wildman–Crippen MR) is 125 cm³/mol. The molecule has 2 N–H and O–H groups in total. The quantitative estimate of drug-likeness (QED) is 0.254. The zero-order chi connectivity index (χ0) is 23.3. The summed E-state index contributed by atoms with van der Waals surface area (Å²) in [6.45, 7) is 3.48. The summed E-state index contributed by atoms with van der Waals surface area (Å²) in [6.07, 6.45) is 2.94. The fourth-order valence-corrected chi connectivity index (χ4v) is 3.51. The Labute approximate surface area is 197 Å². The first kappa shape index (κ1) is 23.3. The van der Waals surface area contributed by atoms with E-state index in [0.29, 0.717) is 21.5 Å². The number of thiocarbonyl (C=S) groups is 1. The monoisotopic (exact) mass is 517 g/mol. The highest BCUT2D eigenvalue weighted by Gasteiger charge is 2.32. The SMILES string of the molecule is C=CCN1C(=O)/C(=C/c2ccc(OCC(=O)Nc3ccc(F)cc3)c(Br)c2)C(=O)NC1=S. The highest BCUT2D eigenvalue weighted by Crippen LogP contribution is 2.27. The van der Waals surface area contributed by atoms with E-state index in [1.807, 2.05) is 0 Å². The lowest BCUT2D eigenvalue weighted by Gasteiger charge is -2.27. The molecule has 164 valence electrons. The third-order valence-electron chi connectivity index (χ3n) is 4.25. The summed E-state index contributed by atoms with van der Waals surface area (Å²) in [5.41, 5.74) is 0.936. The summed E-state index contributed by atoms with van der Waals surface area (Å²) in [5.74, 6) is -1.55. The van der Waals surface area contributed by atoms with Crippen molar-refractivity contribution in [1.29, 1.82) is 0 Å². The van der Waals surface area contributed by atoms with Crippen LogP contribution in [0.2, 0.25) is 0 Å². The van der Waals surface area contributed by atoms with E-state index in [1.165, 1.54) is 41.3 Å². The molecular formula is C22H17BrFN3O4S. The van der Waals surface area contributed by atoms with E-state index in [2.05, 4.69) is 33.1 Å². The molecule has 0 spiro atoms. The normalized spacial score (nSPS) is 14.9. The van der Waals surface area contributed by atoms with Crippen molar-refractivity contribution in [3.8, 4) is 5.75 Å². The van der Waals surface area contributed by atoms with Gasteiger partial charge in [0.1, 0.15) is 17.1 Å². The number of hydrogen-bond acceptors (Lipinski definition) is 5. The highest BCUT2D eigenvalue weighted by atomic mass is 79.9. The number of nitrogens with zero attached hydrogens (tertiary/aromatic N) is 1. The van der Waals surface area contributed by atoms with E-state index in [4.69, 9.17) is 17.0 Å². The Balaban J connectivity index is 1.68. The Morgan fingerprint density at radius 1 is 1.25 bits per heavy atom. The van der Waals surface area contributed by atoms with E-state index in [9.17, 15) is 18.8 Å². The molecule has 3 rings (SSSR count). The third kappa shape index (κ3) is 5.65. The van der Waals surface area contributed by atoms with Gasteiger partial charge in [0.05, 0.1) is 4.47 Å². The fraction of sp³-hybridized carbons (Fsp3) is 0.0909. The van der Waals surface area contributed by atoms with Crippen LogP contribution in [-0.4, -0.2) is 40.9 Å². The van der Waals surface area contributed by atoms with E-state index >= 15 is 0 Å². The molecular weight excluding hydrogens is 501 g/mol. The zero-order valence-corrected chi connectivity index (χ0v) is 19.0. The van der Waals surface area contributed by atoms with Crippen LogP contribution in [0, 0.1) is 5.82 Å². The predicted octanol–water partition coefficient (Wildman–Crippen LogP) is 3.42. The van der Waals surface area contributed by atoms with Gasteiger partial charge in [0, 0.05) is 12.2 Å². The highest BCUT2D eigenvalue weighted by molar-refractivity contribution is 9.10. The van der Waals surface area contributed by atoms with Gasteiger partial charge in [-0.05, 0) is 76.2 Å². The largest absolute Gasteiger partial charge is 0.483 e. The average Bonchev–Trinajstić information content (AvgIpc) is 2.75. The second-order valence-corrected chi connectivity index (χ2v) is 7.80. The van der Waals surface area contributed by atoms with E-state index < -0.39 is 23.5 Å². The molecule has 1 saturated heterocycles. The van der Waals surface area contributed by atoms with Crippen molar-refractivity contribution < 1.29 is 23.5 Å². The lowest BCUT2D eigenvalue weighted by Crippen LogP contribution is -2.53. The lowest BCUT2D eigenvalue weighted by atomic mass is 10.1. The van der Waals surface area contributed by atoms with Crippen LogP contribution in [-0.2, 0) is 14.4 Å². The van der Waals surface area contributed by atoms with Gasteiger partial charge in [-0.25, -0.2) is 4.39 Å². The number of nitrogens with one attached hydrogen (secondary N) is 2. The van der Waals surface area contributed by atoms with Gasteiger partial charge in [0.15, 0.2) is 11.7 Å².